The van der Waals surface area contributed by atoms with Crippen molar-refractivity contribution in [3.63, 3.8) is 0 Å². The van der Waals surface area contributed by atoms with Gasteiger partial charge in [0.2, 0.25) is 0 Å². The monoisotopic (exact) mass is 263 g/mol. The summed E-state index contributed by atoms with van der Waals surface area (Å²) in [5.74, 6) is 0.503. The number of carbonyl (C=O) groups is 1. The minimum Gasteiger partial charge on any atom is -0.334 e. The first-order chi connectivity index (χ1) is 8.88. The van der Waals surface area contributed by atoms with Crippen LogP contribution in [0.25, 0.3) is 0 Å². The fourth-order valence-electron chi connectivity index (χ4n) is 1.94. The zero-order valence-corrected chi connectivity index (χ0v) is 12.5. The molecule has 1 rings (SSSR count). The van der Waals surface area contributed by atoms with Crippen molar-refractivity contribution in [2.45, 2.75) is 32.7 Å². The lowest BCUT2D eigenvalue weighted by Crippen LogP contribution is -2.41. The Balaban J connectivity index is 2.48. The van der Waals surface area contributed by atoms with E-state index in [1.54, 1.807) is 0 Å². The molecule has 0 radical (unpaired) electrons. The van der Waals surface area contributed by atoms with E-state index in [1.807, 2.05) is 50.2 Å². The summed E-state index contributed by atoms with van der Waals surface area (Å²) in [6, 6.07) is 7.92. The molecule has 0 heterocycles. The van der Waals surface area contributed by atoms with Gasteiger partial charge in [-0.2, -0.15) is 0 Å². The number of nitrogens with zero attached hydrogens (tertiary/aromatic N) is 1. The molecular formula is C15H25N3O. The van der Waals surface area contributed by atoms with Gasteiger partial charge in [0.15, 0.2) is 0 Å². The lowest BCUT2D eigenvalue weighted by molar-refractivity contribution is 0.245. The van der Waals surface area contributed by atoms with Crippen LogP contribution in [0.2, 0.25) is 0 Å². The van der Waals surface area contributed by atoms with Gasteiger partial charge in [-0.25, -0.2) is 4.79 Å². The molecule has 0 saturated carbocycles. The molecule has 4 heteroatoms. The van der Waals surface area contributed by atoms with Crippen LogP contribution in [-0.4, -0.2) is 37.6 Å². The van der Waals surface area contributed by atoms with Gasteiger partial charge in [-0.1, -0.05) is 26.0 Å². The van der Waals surface area contributed by atoms with E-state index in [2.05, 4.69) is 24.5 Å². The topological polar surface area (TPSA) is 44.4 Å². The average Bonchev–Trinajstić information content (AvgIpc) is 2.27. The Morgan fingerprint density at radius 1 is 1.16 bits per heavy atom. The van der Waals surface area contributed by atoms with Crippen molar-refractivity contribution in [1.29, 1.82) is 0 Å². The maximum absolute atomic E-state index is 11.8. The van der Waals surface area contributed by atoms with Crippen LogP contribution < -0.4 is 10.6 Å². The molecular weight excluding hydrogens is 238 g/mol. The van der Waals surface area contributed by atoms with Crippen molar-refractivity contribution in [2.24, 2.45) is 0 Å². The number of rotatable bonds is 5. The van der Waals surface area contributed by atoms with Crippen molar-refractivity contribution in [2.75, 3.05) is 26.0 Å². The van der Waals surface area contributed by atoms with E-state index in [9.17, 15) is 4.79 Å². The number of urea groups is 1. The van der Waals surface area contributed by atoms with Crippen LogP contribution in [0.15, 0.2) is 24.3 Å². The van der Waals surface area contributed by atoms with Gasteiger partial charge in [0.25, 0.3) is 0 Å². The predicted octanol–water partition coefficient (Wildman–Crippen LogP) is 2.88. The molecule has 0 aliphatic heterocycles. The first kappa shape index (κ1) is 15.5. The first-order valence-electron chi connectivity index (χ1n) is 6.70. The molecule has 0 spiro atoms. The van der Waals surface area contributed by atoms with Crippen LogP contribution in [0.5, 0.6) is 0 Å². The first-order valence-corrected chi connectivity index (χ1v) is 6.70. The molecule has 2 amide bonds. The molecule has 1 aromatic carbocycles. The third-order valence-corrected chi connectivity index (χ3v) is 2.85. The minimum atomic E-state index is -0.161. The van der Waals surface area contributed by atoms with Crippen LogP contribution in [0, 0.1) is 0 Å². The summed E-state index contributed by atoms with van der Waals surface area (Å²) in [4.78, 5) is 13.8. The quantitative estimate of drug-likeness (QED) is 0.858. The number of hydrogen-bond acceptors (Lipinski definition) is 2. The minimum absolute atomic E-state index is 0.116. The molecule has 0 aromatic heterocycles. The van der Waals surface area contributed by atoms with E-state index in [0.717, 1.165) is 12.2 Å². The molecule has 1 aromatic rings. The molecule has 0 saturated heterocycles. The Hall–Kier alpha value is -1.55. The molecule has 19 heavy (non-hydrogen) atoms. The molecule has 1 atom stereocenters. The Morgan fingerprint density at radius 3 is 2.21 bits per heavy atom. The number of likely N-dealkylation sites (N-methyl/N-ethyl adjacent to an activating group) is 1. The Labute approximate surface area is 116 Å². The molecule has 4 nitrogen and oxygen atoms in total. The van der Waals surface area contributed by atoms with Gasteiger partial charge < -0.3 is 15.5 Å². The Kier molecular flexibility index (Phi) is 5.83. The zero-order chi connectivity index (χ0) is 14.4. The Bertz CT molecular complexity index is 398. The van der Waals surface area contributed by atoms with Crippen LogP contribution in [0.3, 0.4) is 0 Å². The highest BCUT2D eigenvalue weighted by Crippen LogP contribution is 2.16. The van der Waals surface area contributed by atoms with Crippen molar-refractivity contribution < 1.29 is 4.79 Å². The van der Waals surface area contributed by atoms with Crippen molar-refractivity contribution >= 4 is 11.7 Å². The van der Waals surface area contributed by atoms with Gasteiger partial charge >= 0.3 is 6.03 Å². The van der Waals surface area contributed by atoms with E-state index < -0.39 is 0 Å². The maximum Gasteiger partial charge on any atom is 0.319 e. The highest BCUT2D eigenvalue weighted by Gasteiger charge is 2.08. The third kappa shape index (κ3) is 5.75. The van der Waals surface area contributed by atoms with Gasteiger partial charge in [0, 0.05) is 18.3 Å². The van der Waals surface area contributed by atoms with Crippen LogP contribution >= 0.6 is 0 Å². The van der Waals surface area contributed by atoms with Crippen molar-refractivity contribution in [1.82, 2.24) is 10.2 Å². The fourth-order valence-corrected chi connectivity index (χ4v) is 1.94. The molecule has 1 unspecified atom stereocenters. The van der Waals surface area contributed by atoms with Gasteiger partial charge in [-0.15, -0.1) is 0 Å². The van der Waals surface area contributed by atoms with Gasteiger partial charge in [-0.05, 0) is 44.6 Å². The number of benzene rings is 1. The summed E-state index contributed by atoms with van der Waals surface area (Å²) in [5.41, 5.74) is 2.09. The summed E-state index contributed by atoms with van der Waals surface area (Å²) >= 11 is 0. The summed E-state index contributed by atoms with van der Waals surface area (Å²) in [6.45, 7) is 7.11. The van der Waals surface area contributed by atoms with E-state index >= 15 is 0 Å². The van der Waals surface area contributed by atoms with E-state index in [4.69, 9.17) is 0 Å². The van der Waals surface area contributed by atoms with Gasteiger partial charge in [0.05, 0.1) is 0 Å². The predicted molar refractivity (Wildman–Crippen MR) is 80.7 cm³/mol. The fraction of sp³-hybridized carbons (Fsp3) is 0.533. The third-order valence-electron chi connectivity index (χ3n) is 2.85. The normalized spacial score (nSPS) is 12.6. The number of nitrogens with one attached hydrogen (secondary N) is 2. The van der Waals surface area contributed by atoms with Crippen LogP contribution in [0.4, 0.5) is 10.5 Å². The second kappa shape index (κ2) is 7.14. The number of carbonyl (C=O) groups excluding carboxylic acids is 1. The van der Waals surface area contributed by atoms with Gasteiger partial charge in [-0.3, -0.25) is 0 Å². The zero-order valence-electron chi connectivity index (χ0n) is 12.5. The molecule has 0 aliphatic rings. The molecule has 0 fully saturated rings. The number of hydrogen-bond donors (Lipinski definition) is 2. The van der Waals surface area contributed by atoms with E-state index in [1.165, 1.54) is 5.56 Å². The summed E-state index contributed by atoms with van der Waals surface area (Å²) in [5, 5.41) is 5.75. The highest BCUT2D eigenvalue weighted by atomic mass is 16.2. The summed E-state index contributed by atoms with van der Waals surface area (Å²) < 4.78 is 0. The largest absolute Gasteiger partial charge is 0.334 e. The number of amides is 2. The second-order valence-corrected chi connectivity index (χ2v) is 5.54. The number of anilines is 1. The van der Waals surface area contributed by atoms with Gasteiger partial charge in [0.1, 0.15) is 0 Å². The smallest absolute Gasteiger partial charge is 0.319 e. The summed E-state index contributed by atoms with van der Waals surface area (Å²) in [6.07, 6.45) is 0. The molecule has 106 valence electrons. The van der Waals surface area contributed by atoms with Crippen molar-refractivity contribution in [3.05, 3.63) is 29.8 Å². The molecule has 2 N–H and O–H groups in total. The van der Waals surface area contributed by atoms with E-state index in [-0.39, 0.29) is 12.1 Å². The maximum atomic E-state index is 11.8. The highest BCUT2D eigenvalue weighted by molar-refractivity contribution is 5.89. The molecule has 0 aliphatic carbocycles. The van der Waals surface area contributed by atoms with Crippen LogP contribution in [-0.2, 0) is 0 Å². The summed E-state index contributed by atoms with van der Waals surface area (Å²) in [7, 11) is 3.97. The second-order valence-electron chi connectivity index (χ2n) is 5.54. The van der Waals surface area contributed by atoms with Crippen LogP contribution in [0.1, 0.15) is 32.3 Å². The Morgan fingerprint density at radius 2 is 1.74 bits per heavy atom. The lowest BCUT2D eigenvalue weighted by Gasteiger charge is -2.18. The standard InChI is InChI=1S/C15H25N3O/c1-11(2)13-6-8-14(9-7-13)17-15(19)16-12(3)10-18(4)5/h6-9,11-12H,10H2,1-5H3,(H2,16,17,19). The lowest BCUT2D eigenvalue weighted by atomic mass is 10.0. The average molecular weight is 263 g/mol. The molecule has 0 bridgehead atoms. The SMILES string of the molecule is CC(CN(C)C)NC(=O)Nc1ccc(C(C)C)cc1. The van der Waals surface area contributed by atoms with E-state index in [0.29, 0.717) is 5.92 Å². The van der Waals surface area contributed by atoms with Crippen molar-refractivity contribution in [3.8, 4) is 0 Å².